The summed E-state index contributed by atoms with van der Waals surface area (Å²) in [6.07, 6.45) is 7.37. The molecule has 0 aliphatic carbocycles. The van der Waals surface area contributed by atoms with E-state index in [2.05, 4.69) is 11.3 Å². The van der Waals surface area contributed by atoms with Crippen molar-refractivity contribution >= 4 is 0 Å². The number of aromatic nitrogens is 2. The molecule has 15 heavy (non-hydrogen) atoms. The molecule has 0 spiro atoms. The summed E-state index contributed by atoms with van der Waals surface area (Å²) >= 11 is 0. The smallest absolute Gasteiger partial charge is 0.0522 e. The number of nitrogens with two attached hydrogens (primary N) is 1. The largest absolute Gasteiger partial charge is 0.381 e. The average molecular weight is 209 g/mol. The van der Waals surface area contributed by atoms with E-state index in [1.807, 2.05) is 10.9 Å². The van der Waals surface area contributed by atoms with Gasteiger partial charge in [-0.05, 0) is 31.4 Å². The van der Waals surface area contributed by atoms with Crippen molar-refractivity contribution in [2.75, 3.05) is 19.8 Å². The van der Waals surface area contributed by atoms with Crippen LogP contribution in [-0.2, 0) is 17.7 Å². The van der Waals surface area contributed by atoms with Crippen LogP contribution in [0.25, 0.3) is 0 Å². The van der Waals surface area contributed by atoms with Gasteiger partial charge in [0.2, 0.25) is 0 Å². The van der Waals surface area contributed by atoms with Gasteiger partial charge in [0.1, 0.15) is 0 Å². The van der Waals surface area contributed by atoms with E-state index in [0.29, 0.717) is 12.5 Å². The molecule has 1 saturated heterocycles. The highest BCUT2D eigenvalue weighted by Crippen LogP contribution is 2.15. The van der Waals surface area contributed by atoms with Crippen molar-refractivity contribution in [3.05, 3.63) is 18.0 Å². The Morgan fingerprint density at radius 1 is 1.60 bits per heavy atom. The molecular formula is C11H19N3O. The summed E-state index contributed by atoms with van der Waals surface area (Å²) in [7, 11) is 0. The van der Waals surface area contributed by atoms with Crippen LogP contribution in [-0.4, -0.2) is 29.5 Å². The van der Waals surface area contributed by atoms with Crippen LogP contribution in [0.15, 0.2) is 12.4 Å². The molecule has 0 unspecified atom stereocenters. The van der Waals surface area contributed by atoms with Gasteiger partial charge in [0.25, 0.3) is 0 Å². The molecule has 2 heterocycles. The lowest BCUT2D eigenvalue weighted by Gasteiger charge is -2.21. The van der Waals surface area contributed by atoms with E-state index in [1.165, 1.54) is 18.4 Å². The fourth-order valence-electron chi connectivity index (χ4n) is 2.02. The van der Waals surface area contributed by atoms with E-state index < -0.39 is 0 Å². The summed E-state index contributed by atoms with van der Waals surface area (Å²) in [6.45, 7) is 3.48. The fourth-order valence-corrected chi connectivity index (χ4v) is 2.02. The molecule has 1 fully saturated rings. The van der Waals surface area contributed by atoms with Crippen molar-refractivity contribution < 1.29 is 4.74 Å². The second-order valence-electron chi connectivity index (χ2n) is 4.19. The summed E-state index contributed by atoms with van der Waals surface area (Å²) in [5, 5.41) is 4.33. The van der Waals surface area contributed by atoms with Crippen molar-refractivity contribution in [2.45, 2.75) is 25.8 Å². The maximum atomic E-state index is 5.50. The summed E-state index contributed by atoms with van der Waals surface area (Å²) in [6, 6.07) is 0. The van der Waals surface area contributed by atoms with Gasteiger partial charge in [-0.1, -0.05) is 0 Å². The van der Waals surface area contributed by atoms with E-state index >= 15 is 0 Å². The third-order valence-corrected chi connectivity index (χ3v) is 2.82. The first-order valence-electron chi connectivity index (χ1n) is 5.67. The molecule has 1 aliphatic heterocycles. The number of hydrogen-bond acceptors (Lipinski definition) is 3. The summed E-state index contributed by atoms with van der Waals surface area (Å²) in [5.41, 5.74) is 6.73. The topological polar surface area (TPSA) is 53.1 Å². The van der Waals surface area contributed by atoms with Crippen LogP contribution in [0.3, 0.4) is 0 Å². The summed E-state index contributed by atoms with van der Waals surface area (Å²) < 4.78 is 7.47. The van der Waals surface area contributed by atoms with Gasteiger partial charge in [-0.15, -0.1) is 0 Å². The molecule has 2 rings (SSSR count). The molecule has 0 bridgehead atoms. The van der Waals surface area contributed by atoms with E-state index in [1.54, 1.807) is 0 Å². The predicted octanol–water partition coefficient (Wildman–Crippen LogP) is 0.811. The molecule has 2 N–H and O–H groups in total. The first kappa shape index (κ1) is 10.6. The lowest BCUT2D eigenvalue weighted by Crippen LogP contribution is -2.22. The predicted molar refractivity (Wildman–Crippen MR) is 58.5 cm³/mol. The van der Waals surface area contributed by atoms with Crippen molar-refractivity contribution in [1.29, 1.82) is 0 Å². The van der Waals surface area contributed by atoms with Gasteiger partial charge in [-0.2, -0.15) is 5.10 Å². The Kier molecular flexibility index (Phi) is 3.75. The van der Waals surface area contributed by atoms with Gasteiger partial charge >= 0.3 is 0 Å². The first-order valence-corrected chi connectivity index (χ1v) is 5.67. The summed E-state index contributed by atoms with van der Waals surface area (Å²) in [5.74, 6) is 0.629. The third kappa shape index (κ3) is 3.04. The monoisotopic (exact) mass is 209 g/mol. The second-order valence-corrected chi connectivity index (χ2v) is 4.19. The zero-order valence-electron chi connectivity index (χ0n) is 9.06. The summed E-state index contributed by atoms with van der Waals surface area (Å²) in [4.78, 5) is 0. The Hall–Kier alpha value is -0.870. The molecule has 1 atom stereocenters. The first-order chi connectivity index (χ1) is 7.38. The Labute approximate surface area is 90.4 Å². The maximum Gasteiger partial charge on any atom is 0.0522 e. The lowest BCUT2D eigenvalue weighted by molar-refractivity contribution is 0.0470. The van der Waals surface area contributed by atoms with Gasteiger partial charge < -0.3 is 10.5 Å². The number of hydrogen-bond donors (Lipinski definition) is 1. The molecule has 1 aliphatic rings. The molecule has 4 nitrogen and oxygen atoms in total. The Morgan fingerprint density at radius 3 is 3.27 bits per heavy atom. The van der Waals surface area contributed by atoms with Crippen LogP contribution in [0.1, 0.15) is 18.4 Å². The standard InChI is InChI=1S/C11H19N3O/c12-4-3-10-6-13-14(7-10)8-11-2-1-5-15-9-11/h6-7,11H,1-5,8-9,12H2/t11-/m1/s1. The molecule has 0 aromatic carbocycles. The SMILES string of the molecule is NCCc1cnn(C[C@H]2CCCOC2)c1. The van der Waals surface area contributed by atoms with Crippen molar-refractivity contribution in [2.24, 2.45) is 11.7 Å². The van der Waals surface area contributed by atoms with Gasteiger partial charge in [0.05, 0.1) is 12.8 Å². The minimum Gasteiger partial charge on any atom is -0.381 e. The van der Waals surface area contributed by atoms with E-state index in [4.69, 9.17) is 10.5 Å². The highest BCUT2D eigenvalue weighted by Gasteiger charge is 2.14. The maximum absolute atomic E-state index is 5.50. The molecular weight excluding hydrogens is 190 g/mol. The lowest BCUT2D eigenvalue weighted by atomic mass is 10.0. The van der Waals surface area contributed by atoms with E-state index in [0.717, 1.165) is 26.2 Å². The quantitative estimate of drug-likeness (QED) is 0.798. The van der Waals surface area contributed by atoms with Crippen molar-refractivity contribution in [3.63, 3.8) is 0 Å². The van der Waals surface area contributed by atoms with Crippen LogP contribution in [0.5, 0.6) is 0 Å². The molecule has 1 aromatic rings. The van der Waals surface area contributed by atoms with E-state index in [9.17, 15) is 0 Å². The van der Waals surface area contributed by atoms with Gasteiger partial charge in [-0.25, -0.2) is 0 Å². The number of nitrogens with zero attached hydrogens (tertiary/aromatic N) is 2. The Bertz CT molecular complexity index is 292. The molecule has 1 aromatic heterocycles. The van der Waals surface area contributed by atoms with Gasteiger partial charge in [0, 0.05) is 25.3 Å². The van der Waals surface area contributed by atoms with Crippen LogP contribution in [0.2, 0.25) is 0 Å². The average Bonchev–Trinajstić information content (AvgIpc) is 2.68. The highest BCUT2D eigenvalue weighted by molar-refractivity contribution is 5.04. The zero-order chi connectivity index (χ0) is 10.5. The van der Waals surface area contributed by atoms with E-state index in [-0.39, 0.29) is 0 Å². The number of rotatable bonds is 4. The molecule has 84 valence electrons. The minimum atomic E-state index is 0.629. The third-order valence-electron chi connectivity index (χ3n) is 2.82. The highest BCUT2D eigenvalue weighted by atomic mass is 16.5. The van der Waals surface area contributed by atoms with Crippen LogP contribution < -0.4 is 5.73 Å². The molecule has 0 saturated carbocycles. The Balaban J connectivity index is 1.86. The minimum absolute atomic E-state index is 0.629. The zero-order valence-corrected chi connectivity index (χ0v) is 9.06. The normalized spacial score (nSPS) is 21.8. The van der Waals surface area contributed by atoms with Gasteiger partial charge in [0.15, 0.2) is 0 Å². The number of ether oxygens (including phenoxy) is 1. The van der Waals surface area contributed by atoms with Gasteiger partial charge in [-0.3, -0.25) is 4.68 Å². The van der Waals surface area contributed by atoms with Crippen molar-refractivity contribution in [3.8, 4) is 0 Å². The Morgan fingerprint density at radius 2 is 2.53 bits per heavy atom. The molecule has 0 radical (unpaired) electrons. The molecule has 4 heteroatoms. The van der Waals surface area contributed by atoms with Crippen LogP contribution >= 0.6 is 0 Å². The second kappa shape index (κ2) is 5.28. The van der Waals surface area contributed by atoms with Crippen LogP contribution in [0, 0.1) is 5.92 Å². The molecule has 0 amide bonds. The fraction of sp³-hybridized carbons (Fsp3) is 0.727. The van der Waals surface area contributed by atoms with Crippen LogP contribution in [0.4, 0.5) is 0 Å². The van der Waals surface area contributed by atoms with Crippen molar-refractivity contribution in [1.82, 2.24) is 9.78 Å².